The fourth-order valence-corrected chi connectivity index (χ4v) is 4.20. The molecule has 1 aromatic carbocycles. The van der Waals surface area contributed by atoms with E-state index in [1.54, 1.807) is 51.9 Å². The van der Waals surface area contributed by atoms with E-state index < -0.39 is 17.8 Å². The minimum atomic E-state index is -4.65. The second-order valence-corrected chi connectivity index (χ2v) is 9.18. The van der Waals surface area contributed by atoms with Crippen LogP contribution in [0.1, 0.15) is 16.2 Å². The Morgan fingerprint density at radius 3 is 2.46 bits per heavy atom. The van der Waals surface area contributed by atoms with Crippen molar-refractivity contribution in [3.8, 4) is 0 Å². The molecule has 3 heterocycles. The zero-order valence-corrected chi connectivity index (χ0v) is 20.4. The minimum absolute atomic E-state index is 0.0374. The van der Waals surface area contributed by atoms with Crippen molar-refractivity contribution >= 4 is 54.8 Å². The molecule has 0 radical (unpaired) electrons. The highest BCUT2D eigenvalue weighted by atomic mass is 127. The number of carbonyl (C=O) groups excluding carboxylic acids is 3. The molecule has 1 N–H and O–H groups in total. The van der Waals surface area contributed by atoms with Crippen LogP contribution in [0.5, 0.6) is 0 Å². The smallest absolute Gasteiger partial charge is 0.339 e. The van der Waals surface area contributed by atoms with Crippen LogP contribution >= 0.6 is 22.6 Å². The molecule has 4 rings (SSSR count). The molecular weight excluding hydrogens is 580 g/mol. The molecule has 1 fully saturated rings. The second-order valence-electron chi connectivity index (χ2n) is 7.97. The summed E-state index contributed by atoms with van der Waals surface area (Å²) in [6.45, 7) is 2.73. The van der Waals surface area contributed by atoms with Gasteiger partial charge in [0.05, 0.1) is 12.1 Å². The van der Waals surface area contributed by atoms with Crippen LogP contribution in [0.4, 0.5) is 18.9 Å². The number of hydrogen-bond acceptors (Lipinski definition) is 6. The molecule has 0 saturated carbocycles. The first-order chi connectivity index (χ1) is 16.6. The molecule has 184 valence electrons. The number of piperazine rings is 1. The first kappa shape index (κ1) is 25.0. The van der Waals surface area contributed by atoms with Crippen LogP contribution in [-0.2, 0) is 22.3 Å². The number of benzene rings is 1. The van der Waals surface area contributed by atoms with E-state index in [2.05, 4.69) is 15.4 Å². The number of nitrogens with zero attached hydrogens (tertiary/aromatic N) is 5. The van der Waals surface area contributed by atoms with Gasteiger partial charge < -0.3 is 10.2 Å². The van der Waals surface area contributed by atoms with Gasteiger partial charge in [0.15, 0.2) is 0 Å². The fourth-order valence-electron chi connectivity index (χ4n) is 3.72. The number of nitrogens with one attached hydrogen (secondary N) is 1. The first-order valence-electron chi connectivity index (χ1n) is 10.6. The van der Waals surface area contributed by atoms with Crippen molar-refractivity contribution in [3.05, 3.63) is 54.0 Å². The van der Waals surface area contributed by atoms with E-state index in [1.807, 2.05) is 4.90 Å². The van der Waals surface area contributed by atoms with Gasteiger partial charge in [-0.25, -0.2) is 4.98 Å². The lowest BCUT2D eigenvalue weighted by atomic mass is 10.2. The van der Waals surface area contributed by atoms with Gasteiger partial charge in [-0.15, -0.1) is 0 Å². The first-order valence-corrected chi connectivity index (χ1v) is 11.7. The Morgan fingerprint density at radius 2 is 1.77 bits per heavy atom. The Bertz CT molecular complexity index is 1270. The summed E-state index contributed by atoms with van der Waals surface area (Å²) < 4.78 is 40.2. The number of pyridine rings is 1. The molecule has 0 bridgehead atoms. The fraction of sp³-hybridized carbons (Fsp3) is 0.318. The molecule has 0 atom stereocenters. The molecule has 2 aromatic heterocycles. The summed E-state index contributed by atoms with van der Waals surface area (Å²) in [6.07, 6.45) is -2.99. The number of carbonyl (C=O) groups is 3. The van der Waals surface area contributed by atoms with Crippen LogP contribution in [-0.4, -0.2) is 72.9 Å². The molecular formula is C22H20F3IN6O3. The summed E-state index contributed by atoms with van der Waals surface area (Å²) in [5, 5.41) is 7.57. The van der Waals surface area contributed by atoms with Crippen LogP contribution in [0.15, 0.2) is 42.6 Å². The molecule has 9 nitrogen and oxygen atoms in total. The third-order valence-electron chi connectivity index (χ3n) is 5.45. The maximum absolute atomic E-state index is 12.9. The predicted molar refractivity (Wildman–Crippen MR) is 129 cm³/mol. The van der Waals surface area contributed by atoms with Gasteiger partial charge in [-0.2, -0.15) is 18.3 Å². The number of amides is 2. The van der Waals surface area contributed by atoms with Gasteiger partial charge in [0.25, 0.3) is 5.91 Å². The average molecular weight is 600 g/mol. The van der Waals surface area contributed by atoms with Crippen molar-refractivity contribution < 1.29 is 27.6 Å². The van der Waals surface area contributed by atoms with Gasteiger partial charge in [-0.1, -0.05) is 6.07 Å². The van der Waals surface area contributed by atoms with Gasteiger partial charge in [0.2, 0.25) is 9.70 Å². The van der Waals surface area contributed by atoms with Crippen molar-refractivity contribution in [2.75, 3.05) is 38.0 Å². The summed E-state index contributed by atoms with van der Waals surface area (Å²) in [5.41, 5.74) is -0.553. The van der Waals surface area contributed by atoms with Gasteiger partial charge in [-0.3, -0.25) is 24.0 Å². The number of rotatable bonds is 6. The lowest BCUT2D eigenvalue weighted by Crippen LogP contribution is -2.50. The second kappa shape index (κ2) is 10.3. The maximum Gasteiger partial charge on any atom is 0.433 e. The molecule has 1 aliphatic heterocycles. The maximum atomic E-state index is 12.9. The zero-order chi connectivity index (χ0) is 25.2. The summed E-state index contributed by atoms with van der Waals surface area (Å²) in [7, 11) is 0. The van der Waals surface area contributed by atoms with Crippen LogP contribution in [0.25, 0.3) is 10.9 Å². The Kier molecular flexibility index (Phi) is 7.35. The topological polar surface area (TPSA) is 100 Å². The Hall–Kier alpha value is -3.07. The van der Waals surface area contributed by atoms with Crippen molar-refractivity contribution in [1.29, 1.82) is 0 Å². The van der Waals surface area contributed by atoms with Crippen molar-refractivity contribution in [3.63, 3.8) is 0 Å². The highest BCUT2D eigenvalue weighted by Gasteiger charge is 2.33. The minimum Gasteiger partial charge on any atom is -0.339 e. The van der Waals surface area contributed by atoms with E-state index in [0.717, 1.165) is 12.1 Å². The summed E-state index contributed by atoms with van der Waals surface area (Å²) >= 11 is 1.76. The van der Waals surface area contributed by atoms with Gasteiger partial charge in [0.1, 0.15) is 17.9 Å². The molecule has 1 aliphatic rings. The zero-order valence-electron chi connectivity index (χ0n) is 18.3. The lowest BCUT2D eigenvalue weighted by Gasteiger charge is -2.34. The summed E-state index contributed by atoms with van der Waals surface area (Å²) in [6, 6.07) is 7.95. The normalized spacial score (nSPS) is 14.8. The van der Waals surface area contributed by atoms with E-state index in [4.69, 9.17) is 0 Å². The van der Waals surface area contributed by atoms with Gasteiger partial charge in [-0.05, 0) is 30.3 Å². The predicted octanol–water partition coefficient (Wildman–Crippen LogP) is 2.81. The molecule has 13 heteroatoms. The molecule has 35 heavy (non-hydrogen) atoms. The molecule has 0 aliphatic carbocycles. The largest absolute Gasteiger partial charge is 0.433 e. The molecule has 1 saturated heterocycles. The number of aromatic nitrogens is 3. The van der Waals surface area contributed by atoms with Crippen LogP contribution < -0.4 is 5.32 Å². The van der Waals surface area contributed by atoms with E-state index in [1.165, 1.54) is 10.7 Å². The Labute approximate surface area is 211 Å². The van der Waals surface area contributed by atoms with Crippen molar-refractivity contribution in [2.45, 2.75) is 12.7 Å². The third kappa shape index (κ3) is 6.33. The Balaban J connectivity index is 1.39. The van der Waals surface area contributed by atoms with E-state index in [0.29, 0.717) is 49.3 Å². The third-order valence-corrected chi connectivity index (χ3v) is 5.79. The van der Waals surface area contributed by atoms with E-state index in [9.17, 15) is 27.6 Å². The van der Waals surface area contributed by atoms with Crippen molar-refractivity contribution in [2.24, 2.45) is 0 Å². The SMILES string of the molecule is O=C(I)CN1CCN(C(=O)Cn2cc3cc(NC(=O)c4cccc(C(F)(F)F)n4)ccc3n2)CC1. The summed E-state index contributed by atoms with van der Waals surface area (Å²) in [5.74, 6) is -0.871. The average Bonchev–Trinajstić information content (AvgIpc) is 3.20. The van der Waals surface area contributed by atoms with Gasteiger partial charge >= 0.3 is 6.18 Å². The van der Waals surface area contributed by atoms with E-state index >= 15 is 0 Å². The molecule has 2 amide bonds. The van der Waals surface area contributed by atoms with E-state index in [-0.39, 0.29) is 21.9 Å². The lowest BCUT2D eigenvalue weighted by molar-refractivity contribution is -0.141. The summed E-state index contributed by atoms with van der Waals surface area (Å²) in [4.78, 5) is 43.4. The van der Waals surface area contributed by atoms with Gasteiger partial charge in [0, 0.05) is 66.0 Å². The standard InChI is InChI=1S/C22H20F3IN6O3/c23-22(24,25)18-3-1-2-17(28-18)21(35)27-15-4-5-16-14(10-15)11-32(29-16)13-20(34)31-8-6-30(7-9-31)12-19(26)33/h1-5,10-11H,6-9,12-13H2,(H,27,35). The van der Waals surface area contributed by atoms with Crippen LogP contribution in [0, 0.1) is 0 Å². The molecule has 0 unspecified atom stereocenters. The quantitative estimate of drug-likeness (QED) is 0.345. The molecule has 3 aromatic rings. The van der Waals surface area contributed by atoms with Crippen molar-refractivity contribution in [1.82, 2.24) is 24.6 Å². The van der Waals surface area contributed by atoms with Crippen LogP contribution in [0.3, 0.4) is 0 Å². The number of alkyl halides is 3. The number of anilines is 1. The Morgan fingerprint density at radius 1 is 1.03 bits per heavy atom. The number of hydrogen-bond donors (Lipinski definition) is 1. The monoisotopic (exact) mass is 600 g/mol. The highest BCUT2D eigenvalue weighted by molar-refractivity contribution is 14.1. The number of halogens is 4. The highest BCUT2D eigenvalue weighted by Crippen LogP contribution is 2.27. The molecule has 0 spiro atoms. The van der Waals surface area contributed by atoms with Crippen LogP contribution in [0.2, 0.25) is 0 Å². The number of fused-ring (bicyclic) bond motifs is 1.